The standard InChI is InChI=1S/C17H14ClFN4O/c1-2-7-23-15-9-14(13(19)8-11(15)3-6-17(23)24)21-22-16-5-4-12(18)10-20-16/h1,4-5,8-10,21H,3,6-7H2,(H,20,22). The molecule has 1 aromatic heterocycles. The van der Waals surface area contributed by atoms with Gasteiger partial charge in [0, 0.05) is 12.6 Å². The highest BCUT2D eigenvalue weighted by Crippen LogP contribution is 2.32. The number of aryl methyl sites for hydroxylation is 1. The van der Waals surface area contributed by atoms with Gasteiger partial charge in [-0.3, -0.25) is 15.6 Å². The zero-order valence-corrected chi connectivity index (χ0v) is 13.4. The van der Waals surface area contributed by atoms with Gasteiger partial charge in [0.05, 0.1) is 22.9 Å². The lowest BCUT2D eigenvalue weighted by molar-refractivity contribution is -0.118. The number of amides is 1. The Morgan fingerprint density at radius 3 is 2.88 bits per heavy atom. The molecule has 1 aliphatic heterocycles. The number of nitrogens with one attached hydrogen (secondary N) is 2. The third-order valence-corrected chi connectivity index (χ3v) is 3.89. The largest absolute Gasteiger partial charge is 0.300 e. The third kappa shape index (κ3) is 3.26. The van der Waals surface area contributed by atoms with Crippen LogP contribution in [0.25, 0.3) is 0 Å². The maximum absolute atomic E-state index is 14.3. The molecular formula is C17H14ClFN4O. The average molecular weight is 345 g/mol. The first kappa shape index (κ1) is 16.1. The fourth-order valence-electron chi connectivity index (χ4n) is 2.51. The summed E-state index contributed by atoms with van der Waals surface area (Å²) >= 11 is 5.77. The van der Waals surface area contributed by atoms with Gasteiger partial charge < -0.3 is 4.90 Å². The van der Waals surface area contributed by atoms with Crippen molar-refractivity contribution in [1.82, 2.24) is 4.98 Å². The zero-order valence-electron chi connectivity index (χ0n) is 12.6. The van der Waals surface area contributed by atoms with Crippen molar-refractivity contribution >= 4 is 34.7 Å². The number of hydrogen-bond donors (Lipinski definition) is 2. The zero-order chi connectivity index (χ0) is 17.1. The maximum atomic E-state index is 14.3. The average Bonchev–Trinajstić information content (AvgIpc) is 2.57. The van der Waals surface area contributed by atoms with E-state index in [2.05, 4.69) is 21.8 Å². The summed E-state index contributed by atoms with van der Waals surface area (Å²) in [5.74, 6) is 2.45. The molecule has 122 valence electrons. The van der Waals surface area contributed by atoms with Crippen molar-refractivity contribution in [3.63, 3.8) is 0 Å². The molecule has 24 heavy (non-hydrogen) atoms. The number of halogens is 2. The smallest absolute Gasteiger partial charge is 0.228 e. The minimum absolute atomic E-state index is 0.0645. The van der Waals surface area contributed by atoms with Crippen LogP contribution in [0.3, 0.4) is 0 Å². The molecule has 0 bridgehead atoms. The van der Waals surface area contributed by atoms with E-state index in [0.717, 1.165) is 5.56 Å². The minimum atomic E-state index is -0.426. The van der Waals surface area contributed by atoms with Gasteiger partial charge in [-0.25, -0.2) is 9.37 Å². The highest BCUT2D eigenvalue weighted by Gasteiger charge is 2.25. The number of hydrazine groups is 1. The molecular weight excluding hydrogens is 331 g/mol. The molecule has 2 aromatic rings. The summed E-state index contributed by atoms with van der Waals surface area (Å²) in [7, 11) is 0. The molecule has 0 spiro atoms. The van der Waals surface area contributed by atoms with E-state index >= 15 is 0 Å². The highest BCUT2D eigenvalue weighted by molar-refractivity contribution is 6.30. The lowest BCUT2D eigenvalue weighted by atomic mass is 10.0. The van der Waals surface area contributed by atoms with Crippen LogP contribution >= 0.6 is 11.6 Å². The van der Waals surface area contributed by atoms with Gasteiger partial charge >= 0.3 is 0 Å². The van der Waals surface area contributed by atoms with E-state index < -0.39 is 5.82 Å². The predicted molar refractivity (Wildman–Crippen MR) is 92.4 cm³/mol. The number of anilines is 3. The van der Waals surface area contributed by atoms with E-state index in [9.17, 15) is 9.18 Å². The van der Waals surface area contributed by atoms with E-state index in [-0.39, 0.29) is 18.1 Å². The second-order valence-electron chi connectivity index (χ2n) is 5.26. The second-order valence-corrected chi connectivity index (χ2v) is 5.69. The summed E-state index contributed by atoms with van der Waals surface area (Å²) in [5.41, 5.74) is 7.13. The molecule has 0 unspecified atom stereocenters. The fourth-order valence-corrected chi connectivity index (χ4v) is 2.62. The van der Waals surface area contributed by atoms with Crippen molar-refractivity contribution in [3.8, 4) is 12.3 Å². The van der Waals surface area contributed by atoms with Crippen molar-refractivity contribution < 1.29 is 9.18 Å². The number of terminal acetylenes is 1. The monoisotopic (exact) mass is 344 g/mol. The van der Waals surface area contributed by atoms with Gasteiger partial charge in [0.2, 0.25) is 5.91 Å². The number of rotatable bonds is 4. The molecule has 1 aromatic carbocycles. The molecule has 0 saturated heterocycles. The summed E-state index contributed by atoms with van der Waals surface area (Å²) in [6.07, 6.45) is 7.63. The van der Waals surface area contributed by atoms with Crippen molar-refractivity contribution in [2.45, 2.75) is 12.8 Å². The Hall–Kier alpha value is -2.78. The highest BCUT2D eigenvalue weighted by atomic mass is 35.5. The first-order chi connectivity index (χ1) is 11.6. The number of pyridine rings is 1. The molecule has 0 fully saturated rings. The number of carbonyl (C=O) groups is 1. The molecule has 2 N–H and O–H groups in total. The molecule has 0 saturated carbocycles. The quantitative estimate of drug-likeness (QED) is 0.660. The fraction of sp³-hybridized carbons (Fsp3) is 0.176. The molecule has 1 amide bonds. The normalized spacial score (nSPS) is 13.2. The molecule has 0 radical (unpaired) electrons. The molecule has 1 aliphatic rings. The lowest BCUT2D eigenvalue weighted by Crippen LogP contribution is -2.35. The number of benzene rings is 1. The second kappa shape index (κ2) is 6.77. The molecule has 0 atom stereocenters. The van der Waals surface area contributed by atoms with Crippen LogP contribution < -0.4 is 15.8 Å². The first-order valence-electron chi connectivity index (χ1n) is 7.28. The van der Waals surface area contributed by atoms with Gasteiger partial charge in [0.15, 0.2) is 0 Å². The van der Waals surface area contributed by atoms with Gasteiger partial charge in [-0.1, -0.05) is 17.5 Å². The van der Waals surface area contributed by atoms with E-state index in [1.54, 1.807) is 18.2 Å². The SMILES string of the molecule is C#CCN1C(=O)CCc2cc(F)c(NNc3ccc(Cl)cn3)cc21. The van der Waals surface area contributed by atoms with Crippen LogP contribution in [0.2, 0.25) is 5.02 Å². The molecule has 7 heteroatoms. The van der Waals surface area contributed by atoms with Crippen LogP contribution in [0.1, 0.15) is 12.0 Å². The van der Waals surface area contributed by atoms with Crippen LogP contribution in [0.15, 0.2) is 30.5 Å². The van der Waals surface area contributed by atoms with Crippen LogP contribution in [0, 0.1) is 18.2 Å². The van der Waals surface area contributed by atoms with E-state index in [0.29, 0.717) is 29.4 Å². The lowest BCUT2D eigenvalue weighted by Gasteiger charge is -2.28. The molecule has 0 aliphatic carbocycles. The van der Waals surface area contributed by atoms with Crippen molar-refractivity contribution in [2.75, 3.05) is 22.3 Å². The Balaban J connectivity index is 1.85. The number of aromatic nitrogens is 1. The number of hydrogen-bond acceptors (Lipinski definition) is 4. The topological polar surface area (TPSA) is 57.3 Å². The van der Waals surface area contributed by atoms with Crippen molar-refractivity contribution in [3.05, 3.63) is 46.9 Å². The Bertz CT molecular complexity index is 817. The van der Waals surface area contributed by atoms with Crippen LogP contribution in [0.5, 0.6) is 0 Å². The van der Waals surface area contributed by atoms with Crippen molar-refractivity contribution in [1.29, 1.82) is 0 Å². The third-order valence-electron chi connectivity index (χ3n) is 3.67. The Labute approximate surface area is 143 Å². The van der Waals surface area contributed by atoms with Gasteiger partial charge in [-0.2, -0.15) is 0 Å². The minimum Gasteiger partial charge on any atom is -0.300 e. The number of fused-ring (bicyclic) bond motifs is 1. The maximum Gasteiger partial charge on any atom is 0.228 e. The van der Waals surface area contributed by atoms with Gasteiger partial charge in [-0.15, -0.1) is 6.42 Å². The number of carbonyl (C=O) groups excluding carboxylic acids is 1. The summed E-state index contributed by atoms with van der Waals surface area (Å²) in [6.45, 7) is 0.156. The summed E-state index contributed by atoms with van der Waals surface area (Å²) in [6, 6.07) is 6.31. The molecule has 2 heterocycles. The Kier molecular flexibility index (Phi) is 4.54. The van der Waals surface area contributed by atoms with E-state index in [1.807, 2.05) is 0 Å². The Morgan fingerprint density at radius 2 is 2.17 bits per heavy atom. The summed E-state index contributed by atoms with van der Waals surface area (Å²) < 4.78 is 14.3. The van der Waals surface area contributed by atoms with E-state index in [4.69, 9.17) is 18.0 Å². The van der Waals surface area contributed by atoms with Gasteiger partial charge in [0.25, 0.3) is 0 Å². The molecule has 3 rings (SSSR count). The van der Waals surface area contributed by atoms with E-state index in [1.165, 1.54) is 17.2 Å². The van der Waals surface area contributed by atoms with Crippen LogP contribution in [0.4, 0.5) is 21.6 Å². The van der Waals surface area contributed by atoms with Gasteiger partial charge in [-0.05, 0) is 36.2 Å². The van der Waals surface area contributed by atoms with Crippen LogP contribution in [-0.4, -0.2) is 17.4 Å². The van der Waals surface area contributed by atoms with Gasteiger partial charge in [0.1, 0.15) is 11.6 Å². The summed E-state index contributed by atoms with van der Waals surface area (Å²) in [5, 5.41) is 0.504. The first-order valence-corrected chi connectivity index (χ1v) is 7.66. The Morgan fingerprint density at radius 1 is 1.33 bits per heavy atom. The predicted octanol–water partition coefficient (Wildman–Crippen LogP) is 3.23. The number of nitrogens with zero attached hydrogens (tertiary/aromatic N) is 2. The summed E-state index contributed by atoms with van der Waals surface area (Å²) in [4.78, 5) is 17.6. The van der Waals surface area contributed by atoms with Crippen molar-refractivity contribution in [2.24, 2.45) is 0 Å². The van der Waals surface area contributed by atoms with Crippen LogP contribution in [-0.2, 0) is 11.2 Å². The molecule has 5 nitrogen and oxygen atoms in total.